The highest BCUT2D eigenvalue weighted by Crippen LogP contribution is 2.27. The number of nitrogens with zero attached hydrogens (tertiary/aromatic N) is 3. The summed E-state index contributed by atoms with van der Waals surface area (Å²) < 4.78 is 0. The van der Waals surface area contributed by atoms with Crippen LogP contribution in [0.4, 0.5) is 0 Å². The topological polar surface area (TPSA) is 19.4 Å². The molecule has 3 heteroatoms. The minimum Gasteiger partial charge on any atom is -0.306 e. The average molecular weight is 358 g/mol. The van der Waals surface area contributed by atoms with Crippen LogP contribution in [-0.4, -0.2) is 48.0 Å². The van der Waals surface area contributed by atoms with Gasteiger partial charge >= 0.3 is 0 Å². The van der Waals surface area contributed by atoms with Crippen LogP contribution in [0.5, 0.6) is 0 Å². The highest BCUT2D eigenvalue weighted by Gasteiger charge is 2.21. The third-order valence-corrected chi connectivity index (χ3v) is 6.53. The Labute approximate surface area is 161 Å². The summed E-state index contributed by atoms with van der Waals surface area (Å²) in [5.74, 6) is 1.98. The number of rotatable bonds is 8. The summed E-state index contributed by atoms with van der Waals surface area (Å²) in [6.45, 7) is 8.43. The van der Waals surface area contributed by atoms with E-state index in [1.54, 1.807) is 0 Å². The van der Waals surface area contributed by atoms with Crippen LogP contribution < -0.4 is 0 Å². The number of likely N-dealkylation sites (tertiary alicyclic amines) is 2. The van der Waals surface area contributed by atoms with Crippen LogP contribution in [0.2, 0.25) is 0 Å². The summed E-state index contributed by atoms with van der Waals surface area (Å²) in [5, 5.41) is 0. The molecule has 2 fully saturated rings. The van der Waals surface area contributed by atoms with Crippen LogP contribution in [0.25, 0.3) is 0 Å². The Kier molecular flexibility index (Phi) is 7.94. The fourth-order valence-electron chi connectivity index (χ4n) is 4.72. The van der Waals surface area contributed by atoms with Crippen molar-refractivity contribution < 1.29 is 0 Å². The number of piperidine rings is 2. The molecule has 26 heavy (non-hydrogen) atoms. The van der Waals surface area contributed by atoms with Gasteiger partial charge in [-0.3, -0.25) is 9.88 Å². The minimum atomic E-state index is 0.969. The van der Waals surface area contributed by atoms with Gasteiger partial charge in [0, 0.05) is 12.2 Å². The van der Waals surface area contributed by atoms with Gasteiger partial charge in [0.25, 0.3) is 0 Å². The van der Waals surface area contributed by atoms with E-state index in [1.165, 1.54) is 88.9 Å². The van der Waals surface area contributed by atoms with Crippen LogP contribution in [0.15, 0.2) is 18.2 Å². The first kappa shape index (κ1) is 19.8. The van der Waals surface area contributed by atoms with Gasteiger partial charge in [-0.2, -0.15) is 0 Å². The summed E-state index contributed by atoms with van der Waals surface area (Å²) in [6.07, 6.45) is 12.3. The lowest BCUT2D eigenvalue weighted by Gasteiger charge is -2.32. The van der Waals surface area contributed by atoms with Crippen molar-refractivity contribution in [2.45, 2.75) is 71.3 Å². The van der Waals surface area contributed by atoms with Crippen LogP contribution in [0, 0.1) is 11.8 Å². The molecule has 0 aliphatic carbocycles. The largest absolute Gasteiger partial charge is 0.306 e. The third-order valence-electron chi connectivity index (χ3n) is 6.53. The van der Waals surface area contributed by atoms with Gasteiger partial charge in [-0.15, -0.1) is 0 Å². The summed E-state index contributed by atoms with van der Waals surface area (Å²) in [7, 11) is 2.26. The van der Waals surface area contributed by atoms with Gasteiger partial charge in [-0.05, 0) is 89.3 Å². The number of hydrogen-bond acceptors (Lipinski definition) is 3. The van der Waals surface area contributed by atoms with E-state index in [2.05, 4.69) is 42.0 Å². The molecule has 2 aliphatic heterocycles. The first-order valence-electron chi connectivity index (χ1n) is 11.1. The van der Waals surface area contributed by atoms with Gasteiger partial charge in [0.05, 0.1) is 5.69 Å². The van der Waals surface area contributed by atoms with E-state index < -0.39 is 0 Å². The Morgan fingerprint density at radius 3 is 2.19 bits per heavy atom. The van der Waals surface area contributed by atoms with Crippen molar-refractivity contribution >= 4 is 0 Å². The fourth-order valence-corrected chi connectivity index (χ4v) is 4.72. The second-order valence-electron chi connectivity index (χ2n) is 8.77. The van der Waals surface area contributed by atoms with Crippen LogP contribution >= 0.6 is 0 Å². The van der Waals surface area contributed by atoms with Crippen molar-refractivity contribution in [1.82, 2.24) is 14.8 Å². The van der Waals surface area contributed by atoms with Crippen LogP contribution in [0.1, 0.15) is 69.7 Å². The number of hydrogen-bond donors (Lipinski definition) is 0. The molecule has 2 saturated heterocycles. The third kappa shape index (κ3) is 6.35. The molecule has 1 aromatic heterocycles. The molecule has 1 aromatic rings. The Morgan fingerprint density at radius 2 is 1.54 bits per heavy atom. The molecule has 3 nitrogen and oxygen atoms in total. The highest BCUT2D eigenvalue weighted by molar-refractivity contribution is 5.11. The van der Waals surface area contributed by atoms with Gasteiger partial charge in [0.2, 0.25) is 0 Å². The average Bonchev–Trinajstić information content (AvgIpc) is 2.65. The van der Waals surface area contributed by atoms with E-state index >= 15 is 0 Å². The summed E-state index contributed by atoms with van der Waals surface area (Å²) in [5.41, 5.74) is 2.52. The lowest BCUT2D eigenvalue weighted by molar-refractivity contribution is 0.163. The predicted molar refractivity (Wildman–Crippen MR) is 110 cm³/mol. The van der Waals surface area contributed by atoms with Crippen molar-refractivity contribution in [3.8, 4) is 0 Å². The maximum absolute atomic E-state index is 4.84. The summed E-state index contributed by atoms with van der Waals surface area (Å²) >= 11 is 0. The molecule has 0 spiro atoms. The SMILES string of the molecule is CCCc1cccc(CN2CCC(CCCC3CCN(C)CC3)CC2)n1. The van der Waals surface area contributed by atoms with Gasteiger partial charge in [-0.1, -0.05) is 38.7 Å². The molecule has 0 saturated carbocycles. The zero-order valence-corrected chi connectivity index (χ0v) is 17.1. The standard InChI is InChI=1S/C23H39N3/c1-3-6-22-9-5-10-23(24-22)19-26-17-13-21(14-18-26)8-4-7-20-11-15-25(2)16-12-20/h5,9-10,20-21H,3-4,6-8,11-19H2,1-2H3. The molecule has 0 atom stereocenters. The zero-order valence-electron chi connectivity index (χ0n) is 17.1. The molecule has 3 heterocycles. The first-order valence-corrected chi connectivity index (χ1v) is 11.1. The molecule has 0 N–H and O–H groups in total. The van der Waals surface area contributed by atoms with Gasteiger partial charge in [0.15, 0.2) is 0 Å². The maximum Gasteiger partial charge on any atom is 0.0547 e. The zero-order chi connectivity index (χ0) is 18.2. The molecule has 0 radical (unpaired) electrons. The Bertz CT molecular complexity index is 514. The number of aromatic nitrogens is 1. The molecule has 2 aliphatic rings. The number of pyridine rings is 1. The molecule has 3 rings (SSSR count). The van der Waals surface area contributed by atoms with Crippen molar-refractivity contribution in [2.24, 2.45) is 11.8 Å². The smallest absolute Gasteiger partial charge is 0.0547 e. The first-order chi connectivity index (χ1) is 12.7. The van der Waals surface area contributed by atoms with E-state index in [9.17, 15) is 0 Å². The second-order valence-corrected chi connectivity index (χ2v) is 8.77. The van der Waals surface area contributed by atoms with E-state index in [1.807, 2.05) is 0 Å². The summed E-state index contributed by atoms with van der Waals surface area (Å²) in [6, 6.07) is 6.56. The van der Waals surface area contributed by atoms with Crippen LogP contribution in [-0.2, 0) is 13.0 Å². The molecule has 0 aromatic carbocycles. The maximum atomic E-state index is 4.84. The van der Waals surface area contributed by atoms with Gasteiger partial charge in [0.1, 0.15) is 0 Å². The van der Waals surface area contributed by atoms with Crippen molar-refractivity contribution in [2.75, 3.05) is 33.2 Å². The van der Waals surface area contributed by atoms with Crippen molar-refractivity contribution in [1.29, 1.82) is 0 Å². The molecule has 0 unspecified atom stereocenters. The van der Waals surface area contributed by atoms with E-state index in [0.717, 1.165) is 24.8 Å². The Balaban J connectivity index is 1.32. The Hall–Kier alpha value is -0.930. The quantitative estimate of drug-likeness (QED) is 0.669. The molecular formula is C23H39N3. The van der Waals surface area contributed by atoms with E-state index in [4.69, 9.17) is 4.98 Å². The highest BCUT2D eigenvalue weighted by atomic mass is 15.1. The molecule has 0 bridgehead atoms. The molecular weight excluding hydrogens is 318 g/mol. The predicted octanol–water partition coefficient (Wildman–Crippen LogP) is 4.76. The monoisotopic (exact) mass is 357 g/mol. The lowest BCUT2D eigenvalue weighted by Crippen LogP contribution is -2.33. The molecule has 146 valence electrons. The van der Waals surface area contributed by atoms with E-state index in [-0.39, 0.29) is 0 Å². The van der Waals surface area contributed by atoms with Crippen molar-refractivity contribution in [3.63, 3.8) is 0 Å². The van der Waals surface area contributed by atoms with Crippen LogP contribution in [0.3, 0.4) is 0 Å². The lowest BCUT2D eigenvalue weighted by atomic mass is 9.87. The van der Waals surface area contributed by atoms with E-state index in [0.29, 0.717) is 0 Å². The molecule has 0 amide bonds. The normalized spacial score (nSPS) is 21.3. The van der Waals surface area contributed by atoms with Gasteiger partial charge in [-0.25, -0.2) is 0 Å². The van der Waals surface area contributed by atoms with Crippen molar-refractivity contribution in [3.05, 3.63) is 29.6 Å². The number of aryl methyl sites for hydroxylation is 1. The Morgan fingerprint density at radius 1 is 0.923 bits per heavy atom. The second kappa shape index (κ2) is 10.4. The summed E-state index contributed by atoms with van der Waals surface area (Å²) in [4.78, 5) is 9.94. The fraction of sp³-hybridized carbons (Fsp3) is 0.783. The van der Waals surface area contributed by atoms with Gasteiger partial charge < -0.3 is 4.90 Å². The minimum absolute atomic E-state index is 0.969.